The summed E-state index contributed by atoms with van der Waals surface area (Å²) in [5, 5.41) is 3.32. The fourth-order valence-electron chi connectivity index (χ4n) is 4.37. The average molecular weight is 418 g/mol. The third-order valence-electron chi connectivity index (χ3n) is 5.91. The molecule has 0 spiro atoms. The van der Waals surface area contributed by atoms with Crippen molar-refractivity contribution in [3.05, 3.63) is 88.3 Å². The molecule has 2 aliphatic rings. The Balaban J connectivity index is 1.63. The van der Waals surface area contributed by atoms with Gasteiger partial charge in [0.2, 0.25) is 0 Å². The summed E-state index contributed by atoms with van der Waals surface area (Å²) in [6.45, 7) is 2.17. The van der Waals surface area contributed by atoms with Gasteiger partial charge in [0.1, 0.15) is 5.75 Å². The lowest BCUT2D eigenvalue weighted by atomic mass is 9.75. The molecule has 2 aromatic rings. The van der Waals surface area contributed by atoms with Gasteiger partial charge in [0.05, 0.1) is 19.3 Å². The van der Waals surface area contributed by atoms with Gasteiger partial charge in [-0.1, -0.05) is 42.5 Å². The number of ketones is 1. The second kappa shape index (κ2) is 9.21. The predicted molar refractivity (Wildman–Crippen MR) is 119 cm³/mol. The first-order valence-electron chi connectivity index (χ1n) is 10.7. The molecule has 0 saturated heterocycles. The number of hydrogen-bond donors (Lipinski definition) is 1. The summed E-state index contributed by atoms with van der Waals surface area (Å²) < 4.78 is 11.0. The maximum absolute atomic E-state index is 13.2. The lowest BCUT2D eigenvalue weighted by molar-refractivity contribution is -0.139. The molecule has 1 N–H and O–H groups in total. The molecule has 0 fully saturated rings. The largest absolute Gasteiger partial charge is 0.497 e. The van der Waals surface area contributed by atoms with Crippen LogP contribution < -0.4 is 10.1 Å². The first kappa shape index (κ1) is 20.9. The highest BCUT2D eigenvalue weighted by molar-refractivity contribution is 6.03. The molecule has 5 heteroatoms. The number of benzene rings is 2. The summed E-state index contributed by atoms with van der Waals surface area (Å²) in [6, 6.07) is 17.5. The first-order chi connectivity index (χ1) is 15.1. The van der Waals surface area contributed by atoms with Crippen LogP contribution in [0.5, 0.6) is 5.75 Å². The van der Waals surface area contributed by atoms with E-state index in [4.69, 9.17) is 9.47 Å². The number of carbonyl (C=O) groups is 2. The number of nitrogens with one attached hydrogen (secondary N) is 1. The fraction of sp³-hybridized carbons (Fsp3) is 0.308. The zero-order chi connectivity index (χ0) is 21.8. The van der Waals surface area contributed by atoms with E-state index in [1.165, 1.54) is 0 Å². The van der Waals surface area contributed by atoms with Crippen LogP contribution in [-0.2, 0) is 20.7 Å². The lowest BCUT2D eigenvalue weighted by Gasteiger charge is -2.34. The van der Waals surface area contributed by atoms with Crippen LogP contribution >= 0.6 is 0 Å². The van der Waals surface area contributed by atoms with Crippen LogP contribution in [0.25, 0.3) is 0 Å². The van der Waals surface area contributed by atoms with Crippen molar-refractivity contribution in [3.8, 4) is 5.75 Å². The maximum Gasteiger partial charge on any atom is 0.336 e. The molecule has 0 bridgehead atoms. The van der Waals surface area contributed by atoms with E-state index in [9.17, 15) is 9.59 Å². The summed E-state index contributed by atoms with van der Waals surface area (Å²) in [6.07, 6.45) is 2.78. The minimum absolute atomic E-state index is 0.0941. The topological polar surface area (TPSA) is 64.6 Å². The van der Waals surface area contributed by atoms with Crippen molar-refractivity contribution in [2.45, 2.75) is 38.5 Å². The molecular formula is C26H27NO4. The highest BCUT2D eigenvalue weighted by Gasteiger charge is 2.39. The molecule has 5 nitrogen and oxygen atoms in total. The van der Waals surface area contributed by atoms with Gasteiger partial charge < -0.3 is 14.8 Å². The zero-order valence-electron chi connectivity index (χ0n) is 17.9. The van der Waals surface area contributed by atoms with E-state index in [0.29, 0.717) is 24.0 Å². The highest BCUT2D eigenvalue weighted by atomic mass is 16.5. The van der Waals surface area contributed by atoms with Gasteiger partial charge in [-0.2, -0.15) is 0 Å². The van der Waals surface area contributed by atoms with Crippen molar-refractivity contribution >= 4 is 11.8 Å². The van der Waals surface area contributed by atoms with Gasteiger partial charge in [-0.15, -0.1) is 0 Å². The first-order valence-corrected chi connectivity index (χ1v) is 10.7. The normalized spacial score (nSPS) is 18.4. The van der Waals surface area contributed by atoms with Crippen molar-refractivity contribution in [1.29, 1.82) is 0 Å². The van der Waals surface area contributed by atoms with Gasteiger partial charge in [-0.3, -0.25) is 4.79 Å². The second-order valence-electron chi connectivity index (χ2n) is 7.91. The molecule has 1 heterocycles. The lowest BCUT2D eigenvalue weighted by Crippen LogP contribution is -2.34. The molecule has 1 aliphatic carbocycles. The highest BCUT2D eigenvalue weighted by Crippen LogP contribution is 2.42. The fourth-order valence-corrected chi connectivity index (χ4v) is 4.37. The second-order valence-corrected chi connectivity index (χ2v) is 7.91. The van der Waals surface area contributed by atoms with E-state index in [1.807, 2.05) is 61.5 Å². The number of hydrogen-bond acceptors (Lipinski definition) is 5. The summed E-state index contributed by atoms with van der Waals surface area (Å²) in [4.78, 5) is 26.1. The quantitative estimate of drug-likeness (QED) is 0.704. The average Bonchev–Trinajstić information content (AvgIpc) is 2.79. The smallest absolute Gasteiger partial charge is 0.336 e. The minimum atomic E-state index is -0.431. The summed E-state index contributed by atoms with van der Waals surface area (Å²) in [5.74, 6) is 0.0112. The van der Waals surface area contributed by atoms with E-state index in [2.05, 4.69) is 5.32 Å². The summed E-state index contributed by atoms with van der Waals surface area (Å²) in [7, 11) is 1.62. The SMILES string of the molecule is COc1ccc([C@H]2C(C(=O)OCCc3ccccc3)=C(C)NC3=C2C(=O)CCC3)cc1. The van der Waals surface area contributed by atoms with Crippen LogP contribution in [0.2, 0.25) is 0 Å². The Labute approximate surface area is 182 Å². The Kier molecular flexibility index (Phi) is 6.21. The van der Waals surface area contributed by atoms with E-state index in [-0.39, 0.29) is 18.4 Å². The zero-order valence-corrected chi connectivity index (χ0v) is 17.9. The van der Waals surface area contributed by atoms with Crippen molar-refractivity contribution in [2.75, 3.05) is 13.7 Å². The number of ether oxygens (including phenoxy) is 2. The van der Waals surface area contributed by atoms with E-state index in [1.54, 1.807) is 7.11 Å². The monoisotopic (exact) mass is 417 g/mol. The molecule has 0 saturated carbocycles. The molecular weight excluding hydrogens is 390 g/mol. The molecule has 2 aromatic carbocycles. The number of dihydropyridines is 1. The summed E-state index contributed by atoms with van der Waals surface area (Å²) >= 11 is 0. The summed E-state index contributed by atoms with van der Waals surface area (Å²) in [5.41, 5.74) is 4.87. The standard InChI is InChI=1S/C26H27NO4/c1-17-23(26(29)31-16-15-18-7-4-3-5-8-18)24(19-11-13-20(30-2)14-12-19)25-21(27-17)9-6-10-22(25)28/h3-5,7-8,11-14,24,27H,6,9-10,15-16H2,1-2H3/t24-/m0/s1. The van der Waals surface area contributed by atoms with Crippen molar-refractivity contribution in [2.24, 2.45) is 0 Å². The van der Waals surface area contributed by atoms with Crippen molar-refractivity contribution in [3.63, 3.8) is 0 Å². The van der Waals surface area contributed by atoms with Crippen molar-refractivity contribution < 1.29 is 19.1 Å². The van der Waals surface area contributed by atoms with Gasteiger partial charge in [0.25, 0.3) is 0 Å². The third-order valence-corrected chi connectivity index (χ3v) is 5.91. The molecule has 0 radical (unpaired) electrons. The molecule has 0 unspecified atom stereocenters. The number of carbonyl (C=O) groups excluding carboxylic acids is 2. The predicted octanol–water partition coefficient (Wildman–Crippen LogP) is 4.45. The van der Waals surface area contributed by atoms with Crippen LogP contribution in [0, 0.1) is 0 Å². The third kappa shape index (κ3) is 4.41. The van der Waals surface area contributed by atoms with Crippen LogP contribution in [0.15, 0.2) is 77.1 Å². The van der Waals surface area contributed by atoms with Crippen molar-refractivity contribution in [1.82, 2.24) is 5.32 Å². The number of esters is 1. The maximum atomic E-state index is 13.2. The van der Waals surface area contributed by atoms with Gasteiger partial charge in [0, 0.05) is 35.7 Å². The van der Waals surface area contributed by atoms with Gasteiger partial charge in [0.15, 0.2) is 5.78 Å². The molecule has 4 rings (SSSR count). The van der Waals surface area contributed by atoms with Crippen LogP contribution in [0.3, 0.4) is 0 Å². The number of methoxy groups -OCH3 is 1. The number of Topliss-reactive ketones (excluding diaryl/α,β-unsaturated/α-hetero) is 1. The van der Waals surface area contributed by atoms with Gasteiger partial charge in [-0.25, -0.2) is 4.79 Å². The Hall–Kier alpha value is -3.34. The number of rotatable bonds is 6. The number of allylic oxidation sites excluding steroid dienone is 3. The van der Waals surface area contributed by atoms with Crippen LogP contribution in [0.1, 0.15) is 43.2 Å². The van der Waals surface area contributed by atoms with Gasteiger partial charge >= 0.3 is 5.97 Å². The molecule has 160 valence electrons. The molecule has 1 atom stereocenters. The minimum Gasteiger partial charge on any atom is -0.497 e. The van der Waals surface area contributed by atoms with E-state index >= 15 is 0 Å². The van der Waals surface area contributed by atoms with Crippen LogP contribution in [0.4, 0.5) is 0 Å². The van der Waals surface area contributed by atoms with E-state index in [0.717, 1.165) is 41.1 Å². The van der Waals surface area contributed by atoms with E-state index < -0.39 is 5.92 Å². The van der Waals surface area contributed by atoms with Gasteiger partial charge in [-0.05, 0) is 43.0 Å². The molecule has 0 amide bonds. The Morgan fingerprint density at radius 3 is 2.52 bits per heavy atom. The molecule has 0 aromatic heterocycles. The Bertz CT molecular complexity index is 1030. The van der Waals surface area contributed by atoms with Crippen LogP contribution in [-0.4, -0.2) is 25.5 Å². The Morgan fingerprint density at radius 1 is 1.06 bits per heavy atom. The Morgan fingerprint density at radius 2 is 1.81 bits per heavy atom. The molecule has 31 heavy (non-hydrogen) atoms. The molecule has 1 aliphatic heterocycles.